The molecular weight excluding hydrogens is 186 g/mol. The molecule has 3 heteroatoms. The van der Waals surface area contributed by atoms with Gasteiger partial charge < -0.3 is 0 Å². The van der Waals surface area contributed by atoms with Crippen molar-refractivity contribution in [2.75, 3.05) is 6.54 Å². The average molecular weight is 197 g/mol. The number of nitrogens with zero attached hydrogens (tertiary/aromatic N) is 1. The lowest BCUT2D eigenvalue weighted by molar-refractivity contribution is 0.0949. The van der Waals surface area contributed by atoms with Crippen molar-refractivity contribution in [2.45, 2.75) is 13.3 Å². The molecule has 0 heterocycles. The Bertz CT molecular complexity index is 281. The number of carbonyl (C=O) groups is 1. The van der Waals surface area contributed by atoms with Crippen LogP contribution in [-0.2, 0) is 0 Å². The van der Waals surface area contributed by atoms with Crippen LogP contribution in [0.4, 0.5) is 0 Å². The van der Waals surface area contributed by atoms with Gasteiger partial charge in [-0.1, -0.05) is 18.5 Å². The van der Waals surface area contributed by atoms with E-state index < -0.39 is 0 Å². The first-order chi connectivity index (χ1) is 6.24. The minimum atomic E-state index is -0.168. The van der Waals surface area contributed by atoms with E-state index in [9.17, 15) is 4.79 Å². The summed E-state index contributed by atoms with van der Waals surface area (Å²) in [5.74, 6) is -0.168. The fourth-order valence-corrected chi connectivity index (χ4v) is 1.02. The van der Waals surface area contributed by atoms with E-state index in [1.807, 2.05) is 6.92 Å². The first-order valence-corrected chi connectivity index (χ1v) is 4.59. The molecule has 0 aromatic heterocycles. The lowest BCUT2D eigenvalue weighted by atomic mass is 10.2. The number of hydrogen-bond acceptors (Lipinski definition) is 1. The van der Waals surface area contributed by atoms with Crippen molar-refractivity contribution in [3.05, 3.63) is 34.9 Å². The molecule has 2 nitrogen and oxygen atoms in total. The number of hydrogen-bond donors (Lipinski definition) is 0. The summed E-state index contributed by atoms with van der Waals surface area (Å²) in [6.07, 6.45) is 0.888. The quantitative estimate of drug-likeness (QED) is 0.731. The molecule has 0 spiro atoms. The van der Waals surface area contributed by atoms with Gasteiger partial charge in [-0.25, -0.2) is 5.32 Å². The van der Waals surface area contributed by atoms with E-state index in [0.29, 0.717) is 17.1 Å². The first kappa shape index (κ1) is 10.1. The Morgan fingerprint density at radius 1 is 1.38 bits per heavy atom. The van der Waals surface area contributed by atoms with E-state index in [-0.39, 0.29) is 5.91 Å². The summed E-state index contributed by atoms with van der Waals surface area (Å²) >= 11 is 5.68. The van der Waals surface area contributed by atoms with E-state index >= 15 is 0 Å². The van der Waals surface area contributed by atoms with Crippen LogP contribution in [0, 0.1) is 0 Å². The fraction of sp³-hybridized carbons (Fsp3) is 0.300. The van der Waals surface area contributed by atoms with Gasteiger partial charge in [0.1, 0.15) is 0 Å². The van der Waals surface area contributed by atoms with E-state index in [1.54, 1.807) is 24.3 Å². The number of rotatable bonds is 3. The minimum absolute atomic E-state index is 0.168. The molecule has 1 aromatic carbocycles. The molecule has 0 saturated carbocycles. The third kappa shape index (κ3) is 3.07. The zero-order valence-electron chi connectivity index (χ0n) is 7.46. The highest BCUT2D eigenvalue weighted by Crippen LogP contribution is 2.09. The Morgan fingerprint density at radius 2 is 2.00 bits per heavy atom. The molecule has 0 fully saturated rings. The highest BCUT2D eigenvalue weighted by atomic mass is 35.5. The van der Waals surface area contributed by atoms with E-state index in [1.165, 1.54) is 0 Å². The Kier molecular flexibility index (Phi) is 3.77. The van der Waals surface area contributed by atoms with Gasteiger partial charge in [0.25, 0.3) is 5.91 Å². The molecule has 0 N–H and O–H groups in total. The molecule has 13 heavy (non-hydrogen) atoms. The Hall–Kier alpha value is -1.02. The second-order valence-electron chi connectivity index (χ2n) is 2.69. The second-order valence-corrected chi connectivity index (χ2v) is 3.13. The van der Waals surface area contributed by atoms with Crippen molar-refractivity contribution in [3.63, 3.8) is 0 Å². The van der Waals surface area contributed by atoms with E-state index in [4.69, 9.17) is 11.6 Å². The molecular formula is C10H11ClNO. The molecule has 0 aliphatic rings. The average Bonchev–Trinajstić information content (AvgIpc) is 2.15. The SMILES string of the molecule is CCC[N]C(=O)c1ccc(Cl)cc1. The highest BCUT2D eigenvalue weighted by Gasteiger charge is 2.04. The van der Waals surface area contributed by atoms with Crippen molar-refractivity contribution >= 4 is 17.5 Å². The predicted octanol–water partition coefficient (Wildman–Crippen LogP) is 2.49. The van der Waals surface area contributed by atoms with Crippen LogP contribution < -0.4 is 5.32 Å². The maximum atomic E-state index is 11.3. The van der Waals surface area contributed by atoms with Crippen molar-refractivity contribution < 1.29 is 4.79 Å². The van der Waals surface area contributed by atoms with E-state index in [0.717, 1.165) is 6.42 Å². The van der Waals surface area contributed by atoms with Gasteiger partial charge in [-0.2, -0.15) is 0 Å². The molecule has 1 amide bonds. The fourth-order valence-electron chi connectivity index (χ4n) is 0.897. The molecule has 1 radical (unpaired) electrons. The number of amides is 1. The Labute approximate surface area is 82.9 Å². The van der Waals surface area contributed by atoms with Crippen molar-refractivity contribution in [1.29, 1.82) is 0 Å². The van der Waals surface area contributed by atoms with Crippen molar-refractivity contribution in [3.8, 4) is 0 Å². The van der Waals surface area contributed by atoms with Crippen LogP contribution in [0.1, 0.15) is 23.7 Å². The van der Waals surface area contributed by atoms with Gasteiger partial charge in [0, 0.05) is 17.1 Å². The number of halogens is 1. The molecule has 1 rings (SSSR count). The minimum Gasteiger partial charge on any atom is -0.267 e. The zero-order valence-corrected chi connectivity index (χ0v) is 8.21. The number of carbonyl (C=O) groups excluding carboxylic acids is 1. The van der Waals surface area contributed by atoms with Gasteiger partial charge >= 0.3 is 0 Å². The third-order valence-corrected chi connectivity index (χ3v) is 1.82. The summed E-state index contributed by atoms with van der Waals surface area (Å²) in [4.78, 5) is 11.3. The standard InChI is InChI=1S/C10H11ClNO/c1-2-7-12-10(13)8-3-5-9(11)6-4-8/h3-6H,2,7H2,1H3. The monoisotopic (exact) mass is 196 g/mol. The zero-order chi connectivity index (χ0) is 9.68. The molecule has 0 bridgehead atoms. The summed E-state index contributed by atoms with van der Waals surface area (Å²) in [7, 11) is 0. The normalized spacial score (nSPS) is 9.69. The maximum absolute atomic E-state index is 11.3. The molecule has 1 aromatic rings. The summed E-state index contributed by atoms with van der Waals surface area (Å²) in [5, 5.41) is 4.49. The van der Waals surface area contributed by atoms with Gasteiger partial charge in [-0.05, 0) is 30.7 Å². The lowest BCUT2D eigenvalue weighted by Gasteiger charge is -1.99. The van der Waals surface area contributed by atoms with Gasteiger partial charge in [0.05, 0.1) is 0 Å². The third-order valence-electron chi connectivity index (χ3n) is 1.57. The summed E-state index contributed by atoms with van der Waals surface area (Å²) in [6, 6.07) is 6.75. The molecule has 0 aliphatic heterocycles. The smallest absolute Gasteiger partial charge is 0.267 e. The van der Waals surface area contributed by atoms with Gasteiger partial charge in [-0.3, -0.25) is 4.79 Å². The highest BCUT2D eigenvalue weighted by molar-refractivity contribution is 6.30. The molecule has 0 saturated heterocycles. The maximum Gasteiger partial charge on any atom is 0.272 e. The number of benzene rings is 1. The van der Waals surface area contributed by atoms with Gasteiger partial charge in [0.15, 0.2) is 0 Å². The Morgan fingerprint density at radius 3 is 2.54 bits per heavy atom. The van der Waals surface area contributed by atoms with Crippen LogP contribution in [0.3, 0.4) is 0 Å². The van der Waals surface area contributed by atoms with Crippen LogP contribution in [0.25, 0.3) is 0 Å². The van der Waals surface area contributed by atoms with Crippen LogP contribution in [0.15, 0.2) is 24.3 Å². The molecule has 0 atom stereocenters. The van der Waals surface area contributed by atoms with Gasteiger partial charge in [-0.15, -0.1) is 0 Å². The van der Waals surface area contributed by atoms with Crippen LogP contribution in [0.2, 0.25) is 5.02 Å². The van der Waals surface area contributed by atoms with E-state index in [2.05, 4.69) is 5.32 Å². The topological polar surface area (TPSA) is 31.2 Å². The lowest BCUT2D eigenvalue weighted by Crippen LogP contribution is -2.16. The van der Waals surface area contributed by atoms with Crippen LogP contribution in [0.5, 0.6) is 0 Å². The van der Waals surface area contributed by atoms with Crippen molar-refractivity contribution in [2.24, 2.45) is 0 Å². The largest absolute Gasteiger partial charge is 0.272 e. The predicted molar refractivity (Wildman–Crippen MR) is 53.1 cm³/mol. The summed E-state index contributed by atoms with van der Waals surface area (Å²) in [5.41, 5.74) is 0.595. The van der Waals surface area contributed by atoms with Crippen LogP contribution >= 0.6 is 11.6 Å². The summed E-state index contributed by atoms with van der Waals surface area (Å²) < 4.78 is 0. The molecule has 0 unspecified atom stereocenters. The first-order valence-electron chi connectivity index (χ1n) is 4.21. The van der Waals surface area contributed by atoms with Crippen LogP contribution in [-0.4, -0.2) is 12.5 Å². The summed E-state index contributed by atoms with van der Waals surface area (Å²) in [6.45, 7) is 2.57. The van der Waals surface area contributed by atoms with Crippen molar-refractivity contribution in [1.82, 2.24) is 5.32 Å². The molecule has 0 aliphatic carbocycles. The van der Waals surface area contributed by atoms with Gasteiger partial charge in [0.2, 0.25) is 0 Å². The second kappa shape index (κ2) is 4.87. The Balaban J connectivity index is 2.61. The molecule has 69 valence electrons.